The van der Waals surface area contributed by atoms with Crippen molar-refractivity contribution >= 4 is 46.1 Å². The Balaban J connectivity index is 1.84. The van der Waals surface area contributed by atoms with Crippen molar-refractivity contribution in [3.05, 3.63) is 75.3 Å². The van der Waals surface area contributed by atoms with E-state index in [9.17, 15) is 15.0 Å². The van der Waals surface area contributed by atoms with Crippen LogP contribution in [0.25, 0.3) is 10.8 Å². The average Bonchev–Trinajstić information content (AvgIpc) is 2.68. The number of nitrogens with zero attached hydrogens (tertiary/aromatic N) is 1. The summed E-state index contributed by atoms with van der Waals surface area (Å²) in [5, 5.41) is 24.6. The molecular formula is C20H16Cl2N2O3. The number of hydrogen-bond acceptors (Lipinski definition) is 4. The normalized spacial score (nSPS) is 11.2. The first-order valence-corrected chi connectivity index (χ1v) is 8.90. The number of aliphatic hydroxyl groups is 1. The number of nitrogens with one attached hydrogen (secondary N) is 1. The molecule has 0 saturated carbocycles. The van der Waals surface area contributed by atoms with Crippen LogP contribution >= 0.6 is 23.2 Å². The zero-order chi connectivity index (χ0) is 19.4. The second-order valence-corrected chi connectivity index (χ2v) is 6.55. The molecule has 0 aromatic heterocycles. The predicted molar refractivity (Wildman–Crippen MR) is 108 cm³/mol. The third-order valence-electron chi connectivity index (χ3n) is 4.11. The van der Waals surface area contributed by atoms with Gasteiger partial charge in [-0.05, 0) is 34.9 Å². The van der Waals surface area contributed by atoms with Crippen molar-refractivity contribution in [3.63, 3.8) is 0 Å². The van der Waals surface area contributed by atoms with Gasteiger partial charge in [0, 0.05) is 12.2 Å². The number of carbonyl (C=O) groups is 1. The molecule has 0 unspecified atom stereocenters. The predicted octanol–water partition coefficient (Wildman–Crippen LogP) is 4.15. The molecule has 0 fully saturated rings. The van der Waals surface area contributed by atoms with Crippen molar-refractivity contribution in [2.75, 3.05) is 6.61 Å². The van der Waals surface area contributed by atoms with Crippen LogP contribution in [0, 0.1) is 0 Å². The lowest BCUT2D eigenvalue weighted by molar-refractivity contribution is 0.0955. The van der Waals surface area contributed by atoms with E-state index >= 15 is 0 Å². The third-order valence-corrected chi connectivity index (χ3v) is 4.98. The highest BCUT2D eigenvalue weighted by Crippen LogP contribution is 2.33. The maximum Gasteiger partial charge on any atom is 0.272 e. The maximum atomic E-state index is 12.2. The van der Waals surface area contributed by atoms with Crippen LogP contribution in [0.3, 0.4) is 0 Å². The topological polar surface area (TPSA) is 81.9 Å². The van der Waals surface area contributed by atoms with Crippen LogP contribution < -0.4 is 5.43 Å². The van der Waals surface area contributed by atoms with Crippen molar-refractivity contribution in [2.24, 2.45) is 5.10 Å². The van der Waals surface area contributed by atoms with E-state index in [2.05, 4.69) is 10.5 Å². The van der Waals surface area contributed by atoms with Crippen molar-refractivity contribution in [1.29, 1.82) is 0 Å². The number of halogens is 2. The first-order valence-electron chi connectivity index (χ1n) is 8.14. The standard InChI is InChI=1S/C20H16Cl2N2O3/c21-18-16(7-8-17(26)19(18)22)20(27)24-23-11-13-6-5-12(9-10-25)14-3-1-2-4-15(13)14/h1-8,11,25-26H,9-10H2,(H,24,27)/b23-11+. The van der Waals surface area contributed by atoms with Gasteiger partial charge >= 0.3 is 0 Å². The highest BCUT2D eigenvalue weighted by molar-refractivity contribution is 6.44. The van der Waals surface area contributed by atoms with E-state index in [4.69, 9.17) is 23.2 Å². The Morgan fingerprint density at radius 1 is 1.04 bits per heavy atom. The van der Waals surface area contributed by atoms with Crippen molar-refractivity contribution in [3.8, 4) is 5.75 Å². The number of hydrazone groups is 1. The fourth-order valence-electron chi connectivity index (χ4n) is 2.77. The Morgan fingerprint density at radius 3 is 2.52 bits per heavy atom. The van der Waals surface area contributed by atoms with E-state index < -0.39 is 5.91 Å². The van der Waals surface area contributed by atoms with Crippen LogP contribution in [0.15, 0.2) is 53.6 Å². The number of fused-ring (bicyclic) bond motifs is 1. The number of phenolic OH excluding ortho intramolecular Hbond substituents is 1. The molecule has 3 rings (SSSR count). The molecule has 0 atom stereocenters. The molecule has 0 bridgehead atoms. The molecule has 3 aromatic carbocycles. The van der Waals surface area contributed by atoms with Crippen LogP contribution in [-0.2, 0) is 6.42 Å². The van der Waals surface area contributed by atoms with Gasteiger partial charge in [0.05, 0.1) is 16.8 Å². The lowest BCUT2D eigenvalue weighted by Gasteiger charge is -2.08. The summed E-state index contributed by atoms with van der Waals surface area (Å²) < 4.78 is 0. The quantitative estimate of drug-likeness (QED) is 0.442. The molecule has 1 amide bonds. The zero-order valence-electron chi connectivity index (χ0n) is 14.1. The molecule has 3 N–H and O–H groups in total. The first kappa shape index (κ1) is 19.2. The molecule has 5 nitrogen and oxygen atoms in total. The van der Waals surface area contributed by atoms with Crippen molar-refractivity contribution < 1.29 is 15.0 Å². The highest BCUT2D eigenvalue weighted by Gasteiger charge is 2.15. The Morgan fingerprint density at radius 2 is 1.78 bits per heavy atom. The smallest absolute Gasteiger partial charge is 0.272 e. The van der Waals surface area contributed by atoms with Gasteiger partial charge in [-0.3, -0.25) is 4.79 Å². The van der Waals surface area contributed by atoms with Gasteiger partial charge in [-0.1, -0.05) is 59.6 Å². The second kappa shape index (κ2) is 8.39. The molecule has 0 aliphatic heterocycles. The van der Waals surface area contributed by atoms with E-state index in [-0.39, 0.29) is 28.0 Å². The van der Waals surface area contributed by atoms with Crippen molar-refractivity contribution in [2.45, 2.75) is 6.42 Å². The molecule has 27 heavy (non-hydrogen) atoms. The molecule has 0 radical (unpaired) electrons. The van der Waals surface area contributed by atoms with Crippen LogP contribution in [0.1, 0.15) is 21.5 Å². The van der Waals surface area contributed by atoms with Crippen LogP contribution in [0.2, 0.25) is 10.0 Å². The number of rotatable bonds is 5. The summed E-state index contributed by atoms with van der Waals surface area (Å²) in [5.41, 5.74) is 4.38. The average molecular weight is 403 g/mol. The van der Waals surface area contributed by atoms with Gasteiger partial charge < -0.3 is 10.2 Å². The Bertz CT molecular complexity index is 1040. The Hall–Kier alpha value is -2.60. The minimum absolute atomic E-state index is 0.0387. The fraction of sp³-hybridized carbons (Fsp3) is 0.100. The van der Waals surface area contributed by atoms with E-state index in [0.29, 0.717) is 6.42 Å². The molecular weight excluding hydrogens is 387 g/mol. The molecule has 0 heterocycles. The Kier molecular flexibility index (Phi) is 5.96. The largest absolute Gasteiger partial charge is 0.506 e. The number of benzene rings is 3. The number of phenols is 1. The molecule has 0 aliphatic rings. The number of amides is 1. The summed E-state index contributed by atoms with van der Waals surface area (Å²) in [6.45, 7) is 0.0729. The summed E-state index contributed by atoms with van der Waals surface area (Å²) in [5.74, 6) is -0.740. The van der Waals surface area contributed by atoms with E-state index in [1.54, 1.807) is 6.21 Å². The van der Waals surface area contributed by atoms with Crippen LogP contribution in [0.5, 0.6) is 5.75 Å². The van der Waals surface area contributed by atoms with Gasteiger partial charge in [-0.25, -0.2) is 5.43 Å². The minimum atomic E-state index is -0.542. The summed E-state index contributed by atoms with van der Waals surface area (Å²) in [4.78, 5) is 12.2. The summed E-state index contributed by atoms with van der Waals surface area (Å²) >= 11 is 11.8. The monoisotopic (exact) mass is 402 g/mol. The van der Waals surface area contributed by atoms with E-state index in [1.165, 1.54) is 12.1 Å². The molecule has 0 spiro atoms. The number of aromatic hydroxyl groups is 1. The van der Waals surface area contributed by atoms with Crippen LogP contribution in [-0.4, -0.2) is 28.9 Å². The molecule has 138 valence electrons. The van der Waals surface area contributed by atoms with Gasteiger partial charge in [-0.15, -0.1) is 0 Å². The minimum Gasteiger partial charge on any atom is -0.506 e. The molecule has 0 saturated heterocycles. The fourth-order valence-corrected chi connectivity index (χ4v) is 3.18. The zero-order valence-corrected chi connectivity index (χ0v) is 15.6. The van der Waals surface area contributed by atoms with Gasteiger partial charge in [0.25, 0.3) is 5.91 Å². The molecule has 3 aromatic rings. The molecule has 7 heteroatoms. The maximum absolute atomic E-state index is 12.2. The SMILES string of the molecule is O=C(N/N=C/c1ccc(CCO)c2ccccc12)c1ccc(O)c(Cl)c1Cl. The van der Waals surface area contributed by atoms with Gasteiger partial charge in [0.1, 0.15) is 10.8 Å². The number of hydrogen-bond donors (Lipinski definition) is 3. The first-order chi connectivity index (χ1) is 13.0. The molecule has 0 aliphatic carbocycles. The lowest BCUT2D eigenvalue weighted by atomic mass is 9.98. The van der Waals surface area contributed by atoms with Crippen LogP contribution in [0.4, 0.5) is 0 Å². The lowest BCUT2D eigenvalue weighted by Crippen LogP contribution is -2.18. The Labute approximate surface area is 165 Å². The summed E-state index contributed by atoms with van der Waals surface area (Å²) in [6, 6.07) is 14.3. The number of aliphatic hydroxyl groups excluding tert-OH is 1. The summed E-state index contributed by atoms with van der Waals surface area (Å²) in [7, 11) is 0. The van der Waals surface area contributed by atoms with E-state index in [1.807, 2.05) is 36.4 Å². The second-order valence-electron chi connectivity index (χ2n) is 5.79. The van der Waals surface area contributed by atoms with Gasteiger partial charge in [-0.2, -0.15) is 5.10 Å². The van der Waals surface area contributed by atoms with E-state index in [0.717, 1.165) is 21.9 Å². The third kappa shape index (κ3) is 4.06. The number of carbonyl (C=O) groups excluding carboxylic acids is 1. The van der Waals surface area contributed by atoms with Crippen molar-refractivity contribution in [1.82, 2.24) is 5.43 Å². The summed E-state index contributed by atoms with van der Waals surface area (Å²) in [6.07, 6.45) is 2.10. The highest BCUT2D eigenvalue weighted by atomic mass is 35.5. The van der Waals surface area contributed by atoms with Gasteiger partial charge in [0.2, 0.25) is 0 Å². The van der Waals surface area contributed by atoms with Gasteiger partial charge in [0.15, 0.2) is 0 Å².